The van der Waals surface area contributed by atoms with Gasteiger partial charge in [0.2, 0.25) is 11.8 Å². The lowest BCUT2D eigenvalue weighted by atomic mass is 10.0. The summed E-state index contributed by atoms with van der Waals surface area (Å²) < 4.78 is 4.47. The monoisotopic (exact) mass is 299 g/mol. The van der Waals surface area contributed by atoms with Gasteiger partial charge in [-0.05, 0) is 31.7 Å². The van der Waals surface area contributed by atoms with E-state index in [1.165, 1.54) is 7.11 Å². The average molecular weight is 299 g/mol. The Labute approximate surface area is 125 Å². The smallest absolute Gasteiger partial charge is 0.325 e. The minimum atomic E-state index is -0.635. The Hall–Kier alpha value is -1.63. The van der Waals surface area contributed by atoms with E-state index in [1.54, 1.807) is 0 Å². The summed E-state index contributed by atoms with van der Waals surface area (Å²) in [6, 6.07) is -0.863. The Kier molecular flexibility index (Phi) is 7.14. The Morgan fingerprint density at radius 2 is 2.05 bits per heavy atom. The second-order valence-electron chi connectivity index (χ2n) is 5.63. The molecule has 1 saturated heterocycles. The van der Waals surface area contributed by atoms with Gasteiger partial charge in [0.15, 0.2) is 0 Å². The molecule has 120 valence electrons. The maximum absolute atomic E-state index is 12.1. The number of ether oxygens (including phenoxy) is 1. The number of nitrogens with one attached hydrogen (secondary N) is 3. The van der Waals surface area contributed by atoms with Crippen LogP contribution in [0.5, 0.6) is 0 Å². The first-order valence-corrected chi connectivity index (χ1v) is 7.32. The molecule has 0 spiro atoms. The lowest BCUT2D eigenvalue weighted by molar-refractivity contribution is -0.141. The van der Waals surface area contributed by atoms with Crippen molar-refractivity contribution in [2.75, 3.05) is 20.2 Å². The summed E-state index contributed by atoms with van der Waals surface area (Å²) in [6.45, 7) is 4.57. The highest BCUT2D eigenvalue weighted by Crippen LogP contribution is 2.08. The van der Waals surface area contributed by atoms with E-state index in [9.17, 15) is 14.4 Å². The normalized spacial score (nSPS) is 19.1. The van der Waals surface area contributed by atoms with Crippen LogP contribution < -0.4 is 16.0 Å². The van der Waals surface area contributed by atoms with Crippen molar-refractivity contribution in [2.24, 2.45) is 5.92 Å². The van der Waals surface area contributed by atoms with E-state index < -0.39 is 12.0 Å². The van der Waals surface area contributed by atoms with E-state index in [1.807, 2.05) is 13.8 Å². The maximum Gasteiger partial charge on any atom is 0.325 e. The SMILES string of the molecule is COC(=O)CNC(=O)C(CC(C)C)NC(=O)C1CCCN1. The van der Waals surface area contributed by atoms with Crippen LogP contribution in [0.15, 0.2) is 0 Å². The van der Waals surface area contributed by atoms with Crippen LogP contribution >= 0.6 is 0 Å². The molecule has 2 amide bonds. The molecule has 2 atom stereocenters. The van der Waals surface area contributed by atoms with Crippen LogP contribution in [-0.2, 0) is 19.1 Å². The number of rotatable bonds is 7. The van der Waals surface area contributed by atoms with Crippen molar-refractivity contribution in [1.29, 1.82) is 0 Å². The number of amides is 2. The highest BCUT2D eigenvalue weighted by Gasteiger charge is 2.27. The van der Waals surface area contributed by atoms with E-state index in [2.05, 4.69) is 20.7 Å². The number of carbonyl (C=O) groups is 3. The Morgan fingerprint density at radius 1 is 1.33 bits per heavy atom. The number of hydrogen-bond donors (Lipinski definition) is 3. The Balaban J connectivity index is 2.55. The summed E-state index contributed by atoms with van der Waals surface area (Å²) >= 11 is 0. The minimum Gasteiger partial charge on any atom is -0.468 e. The van der Waals surface area contributed by atoms with Crippen LogP contribution in [0.25, 0.3) is 0 Å². The van der Waals surface area contributed by atoms with Crippen LogP contribution in [-0.4, -0.2) is 50.1 Å². The lowest BCUT2D eigenvalue weighted by Crippen LogP contribution is -2.52. The molecule has 1 aliphatic rings. The molecular weight excluding hydrogens is 274 g/mol. The summed E-state index contributed by atoms with van der Waals surface area (Å²) in [5.74, 6) is -0.794. The van der Waals surface area contributed by atoms with Gasteiger partial charge in [-0.15, -0.1) is 0 Å². The van der Waals surface area contributed by atoms with Crippen LogP contribution in [0.1, 0.15) is 33.1 Å². The third-order valence-electron chi connectivity index (χ3n) is 3.35. The predicted molar refractivity (Wildman–Crippen MR) is 77.4 cm³/mol. The molecular formula is C14H25N3O4. The quantitative estimate of drug-likeness (QED) is 0.554. The molecule has 7 nitrogen and oxygen atoms in total. The van der Waals surface area contributed by atoms with E-state index in [0.717, 1.165) is 19.4 Å². The Bertz CT molecular complexity index is 378. The molecule has 0 aromatic rings. The predicted octanol–water partition coefficient (Wildman–Crippen LogP) is -0.441. The highest BCUT2D eigenvalue weighted by molar-refractivity contribution is 5.91. The second-order valence-corrected chi connectivity index (χ2v) is 5.63. The molecule has 0 radical (unpaired) electrons. The van der Waals surface area contributed by atoms with Crippen molar-refractivity contribution in [1.82, 2.24) is 16.0 Å². The standard InChI is InChI=1S/C14H25N3O4/c1-9(2)7-11(13(19)16-8-12(18)21-3)17-14(20)10-5-4-6-15-10/h9-11,15H,4-8H2,1-3H3,(H,16,19)(H,17,20). The molecule has 1 heterocycles. The fourth-order valence-corrected chi connectivity index (χ4v) is 2.24. The largest absolute Gasteiger partial charge is 0.468 e. The molecule has 0 aromatic carbocycles. The van der Waals surface area contributed by atoms with Crippen molar-refractivity contribution in [3.05, 3.63) is 0 Å². The highest BCUT2D eigenvalue weighted by atomic mass is 16.5. The number of methoxy groups -OCH3 is 1. The second kappa shape index (κ2) is 8.61. The minimum absolute atomic E-state index is 0.161. The molecule has 0 aliphatic carbocycles. The zero-order valence-corrected chi connectivity index (χ0v) is 12.9. The van der Waals surface area contributed by atoms with E-state index in [4.69, 9.17) is 0 Å². The topological polar surface area (TPSA) is 96.5 Å². The molecule has 1 rings (SSSR count). The van der Waals surface area contributed by atoms with Crippen molar-refractivity contribution in [3.8, 4) is 0 Å². The Morgan fingerprint density at radius 3 is 2.57 bits per heavy atom. The molecule has 2 unspecified atom stereocenters. The van der Waals surface area contributed by atoms with Crippen LogP contribution in [0.4, 0.5) is 0 Å². The van der Waals surface area contributed by atoms with Gasteiger partial charge >= 0.3 is 5.97 Å². The van der Waals surface area contributed by atoms with Crippen molar-refractivity contribution in [3.63, 3.8) is 0 Å². The zero-order valence-electron chi connectivity index (χ0n) is 12.9. The molecule has 1 aliphatic heterocycles. The van der Waals surface area contributed by atoms with Gasteiger partial charge in [-0.25, -0.2) is 0 Å². The summed E-state index contributed by atoms with van der Waals surface area (Å²) in [5, 5.41) is 8.35. The van der Waals surface area contributed by atoms with Gasteiger partial charge < -0.3 is 20.7 Å². The molecule has 1 fully saturated rings. The van der Waals surface area contributed by atoms with Gasteiger partial charge in [0.1, 0.15) is 12.6 Å². The van der Waals surface area contributed by atoms with Crippen molar-refractivity contribution < 1.29 is 19.1 Å². The van der Waals surface area contributed by atoms with Crippen molar-refractivity contribution in [2.45, 2.75) is 45.2 Å². The van der Waals surface area contributed by atoms with Crippen LogP contribution in [0.2, 0.25) is 0 Å². The van der Waals surface area contributed by atoms with E-state index >= 15 is 0 Å². The fraction of sp³-hybridized carbons (Fsp3) is 0.786. The first kappa shape index (κ1) is 17.4. The molecule has 0 bridgehead atoms. The van der Waals surface area contributed by atoms with Gasteiger partial charge in [0.25, 0.3) is 0 Å². The number of carbonyl (C=O) groups excluding carboxylic acids is 3. The summed E-state index contributed by atoms with van der Waals surface area (Å²) in [7, 11) is 1.26. The van der Waals surface area contributed by atoms with Gasteiger partial charge in [0.05, 0.1) is 13.2 Å². The summed E-state index contributed by atoms with van der Waals surface area (Å²) in [6.07, 6.45) is 2.26. The van der Waals surface area contributed by atoms with Crippen LogP contribution in [0.3, 0.4) is 0 Å². The molecule has 0 aromatic heterocycles. The third-order valence-corrected chi connectivity index (χ3v) is 3.35. The van der Waals surface area contributed by atoms with E-state index in [-0.39, 0.29) is 30.3 Å². The summed E-state index contributed by atoms with van der Waals surface area (Å²) in [5.41, 5.74) is 0. The average Bonchev–Trinajstić information content (AvgIpc) is 2.97. The summed E-state index contributed by atoms with van der Waals surface area (Å²) in [4.78, 5) is 35.2. The lowest BCUT2D eigenvalue weighted by Gasteiger charge is -2.21. The fourth-order valence-electron chi connectivity index (χ4n) is 2.24. The van der Waals surface area contributed by atoms with E-state index in [0.29, 0.717) is 6.42 Å². The number of hydrogen-bond acceptors (Lipinski definition) is 5. The van der Waals surface area contributed by atoms with Gasteiger partial charge in [-0.3, -0.25) is 14.4 Å². The molecule has 7 heteroatoms. The maximum atomic E-state index is 12.1. The number of esters is 1. The third kappa shape index (κ3) is 6.12. The first-order valence-electron chi connectivity index (χ1n) is 7.32. The van der Waals surface area contributed by atoms with Gasteiger partial charge in [0, 0.05) is 0 Å². The van der Waals surface area contributed by atoms with Gasteiger partial charge in [-0.2, -0.15) is 0 Å². The van der Waals surface area contributed by atoms with Crippen LogP contribution in [0, 0.1) is 5.92 Å². The molecule has 0 saturated carbocycles. The molecule has 3 N–H and O–H groups in total. The molecule has 21 heavy (non-hydrogen) atoms. The first-order chi connectivity index (χ1) is 9.93. The van der Waals surface area contributed by atoms with Crippen molar-refractivity contribution >= 4 is 17.8 Å². The van der Waals surface area contributed by atoms with Gasteiger partial charge in [-0.1, -0.05) is 13.8 Å². The zero-order chi connectivity index (χ0) is 15.8.